The van der Waals surface area contributed by atoms with Crippen LogP contribution in [0.4, 0.5) is 4.79 Å². The fourth-order valence-corrected chi connectivity index (χ4v) is 4.19. The van der Waals surface area contributed by atoms with Crippen molar-refractivity contribution in [1.82, 2.24) is 20.3 Å². The van der Waals surface area contributed by atoms with Gasteiger partial charge in [0.1, 0.15) is 6.04 Å². The zero-order valence-electron chi connectivity index (χ0n) is 15.2. The van der Waals surface area contributed by atoms with Crippen LogP contribution in [-0.2, 0) is 19.5 Å². The zero-order valence-corrected chi connectivity index (χ0v) is 18.1. The molecule has 3 atom stereocenters. The Labute approximate surface area is 180 Å². The number of nitrogens with zero attached hydrogens (tertiary/aromatic N) is 3. The molecule has 0 aromatic carbocycles. The first-order valence-electron chi connectivity index (χ1n) is 8.75. The maximum absolute atomic E-state index is 12.6. The number of piperidine rings is 1. The summed E-state index contributed by atoms with van der Waals surface area (Å²) in [4.78, 5) is 26.0. The van der Waals surface area contributed by atoms with E-state index in [1.807, 2.05) is 0 Å². The van der Waals surface area contributed by atoms with Crippen LogP contribution < -0.4 is 34.9 Å². The molecule has 0 aromatic heterocycles. The number of carbonyl (C=O) groups is 2. The minimum Gasteiger partial charge on any atom is -0.724 e. The van der Waals surface area contributed by atoms with Gasteiger partial charge in [-0.25, -0.2) is 18.3 Å². The minimum atomic E-state index is -5.08. The summed E-state index contributed by atoms with van der Waals surface area (Å²) < 4.78 is 36.6. The largest absolute Gasteiger partial charge is 1.00 e. The normalized spacial score (nSPS) is 28.5. The van der Waals surface area contributed by atoms with E-state index >= 15 is 0 Å². The number of rotatable bonds is 5. The third-order valence-corrected chi connectivity index (χ3v) is 5.43. The van der Waals surface area contributed by atoms with Crippen LogP contribution in [0.5, 0.6) is 0 Å². The molecule has 0 aliphatic carbocycles. The van der Waals surface area contributed by atoms with E-state index in [0.29, 0.717) is 16.5 Å². The van der Waals surface area contributed by atoms with Crippen LogP contribution in [0.25, 0.3) is 0 Å². The summed E-state index contributed by atoms with van der Waals surface area (Å²) in [5.41, 5.74) is 0. The molecule has 0 spiro atoms. The first kappa shape index (κ1) is 22.8. The Morgan fingerprint density at radius 3 is 2.74 bits per heavy atom. The number of carbonyl (C=O) groups excluding carboxylic acids is 2. The maximum Gasteiger partial charge on any atom is 1.00 e. The fourth-order valence-electron chi connectivity index (χ4n) is 3.81. The van der Waals surface area contributed by atoms with Gasteiger partial charge in [0.05, 0.1) is 12.6 Å². The van der Waals surface area contributed by atoms with E-state index in [-0.39, 0.29) is 55.1 Å². The van der Waals surface area contributed by atoms with E-state index in [9.17, 15) is 27.8 Å². The van der Waals surface area contributed by atoms with Gasteiger partial charge < -0.3 is 14.8 Å². The average Bonchev–Trinajstić information content (AvgIpc) is 2.77. The third-order valence-electron chi connectivity index (χ3n) is 5.09. The molecule has 13 heteroatoms. The molecule has 2 bridgehead atoms. The number of hydrogen-bond donors (Lipinski definition) is 2. The Morgan fingerprint density at radius 1 is 1.30 bits per heavy atom. The Hall–Kier alpha value is -0.470. The molecule has 11 nitrogen and oxygen atoms in total. The summed E-state index contributed by atoms with van der Waals surface area (Å²) in [5, 5.41) is 14.6. The van der Waals surface area contributed by atoms with Gasteiger partial charge >= 0.3 is 35.6 Å². The molecule has 3 aliphatic heterocycles. The summed E-state index contributed by atoms with van der Waals surface area (Å²) in [5.74, 6) is -0.616. The molecule has 148 valence electrons. The Kier molecular flexibility index (Phi) is 7.90. The predicted molar refractivity (Wildman–Crippen MR) is 85.3 cm³/mol. The van der Waals surface area contributed by atoms with E-state index in [1.54, 1.807) is 0 Å². The van der Waals surface area contributed by atoms with Crippen LogP contribution in [0.1, 0.15) is 38.5 Å². The molecule has 0 aromatic rings. The second-order valence-electron chi connectivity index (χ2n) is 6.91. The van der Waals surface area contributed by atoms with Crippen molar-refractivity contribution in [3.63, 3.8) is 0 Å². The number of hydrogen-bond acceptors (Lipinski definition) is 8. The monoisotopic (exact) mass is 414 g/mol. The van der Waals surface area contributed by atoms with Gasteiger partial charge in [-0.05, 0) is 32.2 Å². The first-order chi connectivity index (χ1) is 12.3. The van der Waals surface area contributed by atoms with Crippen LogP contribution in [-0.4, -0.2) is 82.9 Å². The van der Waals surface area contributed by atoms with Gasteiger partial charge in [-0.3, -0.25) is 10.0 Å². The molecule has 3 saturated heterocycles. The molecule has 0 unspecified atom stereocenters. The van der Waals surface area contributed by atoms with Crippen molar-refractivity contribution in [2.45, 2.75) is 56.7 Å². The smallest absolute Gasteiger partial charge is 0.724 e. The van der Waals surface area contributed by atoms with Crippen molar-refractivity contribution >= 4 is 22.3 Å². The Morgan fingerprint density at radius 2 is 2.04 bits per heavy atom. The summed E-state index contributed by atoms with van der Waals surface area (Å²) in [6.07, 6.45) is 4.58. The standard InChI is InChI=1S/C14H24N4O7S.Na/c19-13(17(21)8-10-4-2-1-3-7-15-10)12-6-5-11-9-16(12)14(20)18(11)25-26(22,23)24;/h10-12,15,21H,1-9H2,(H,22,23,24);/q;+1/p-1/t10-,11-,12+;/m1./s1. The molecule has 3 aliphatic rings. The molecule has 2 N–H and O–H groups in total. The minimum absolute atomic E-state index is 0. The van der Waals surface area contributed by atoms with E-state index in [0.717, 1.165) is 37.1 Å². The Balaban J connectivity index is 0.00000261. The van der Waals surface area contributed by atoms with E-state index in [1.165, 1.54) is 0 Å². The van der Waals surface area contributed by atoms with Crippen LogP contribution in [0.3, 0.4) is 0 Å². The van der Waals surface area contributed by atoms with Crippen molar-refractivity contribution in [2.24, 2.45) is 0 Å². The summed E-state index contributed by atoms with van der Waals surface area (Å²) in [6, 6.07) is -2.38. The van der Waals surface area contributed by atoms with Crippen molar-refractivity contribution in [2.75, 3.05) is 19.6 Å². The number of fused-ring (bicyclic) bond motifs is 2. The third kappa shape index (κ3) is 5.54. The van der Waals surface area contributed by atoms with Crippen molar-refractivity contribution in [3.8, 4) is 0 Å². The topological polar surface area (TPSA) is 143 Å². The number of nitrogens with one attached hydrogen (secondary N) is 1. The number of urea groups is 1. The quantitative estimate of drug-likeness (QED) is 0.154. The van der Waals surface area contributed by atoms with Crippen LogP contribution in [0.15, 0.2) is 0 Å². The molecule has 3 fully saturated rings. The van der Waals surface area contributed by atoms with Crippen molar-refractivity contribution in [3.05, 3.63) is 0 Å². The molecular formula is C14H23N4NaO7S. The zero-order chi connectivity index (χ0) is 18.9. The number of hydroxylamine groups is 4. The van der Waals surface area contributed by atoms with Gasteiger partial charge in [0.25, 0.3) is 5.91 Å². The summed E-state index contributed by atoms with van der Waals surface area (Å²) >= 11 is 0. The van der Waals surface area contributed by atoms with Crippen LogP contribution >= 0.6 is 0 Å². The molecule has 0 radical (unpaired) electrons. The maximum atomic E-state index is 12.6. The second kappa shape index (κ2) is 9.35. The van der Waals surface area contributed by atoms with Gasteiger partial charge in [-0.1, -0.05) is 12.8 Å². The fraction of sp³-hybridized carbons (Fsp3) is 0.857. The molecule has 27 heavy (non-hydrogen) atoms. The van der Waals surface area contributed by atoms with Gasteiger partial charge in [0.2, 0.25) is 10.4 Å². The molecule has 0 saturated carbocycles. The van der Waals surface area contributed by atoms with E-state index in [2.05, 4.69) is 9.60 Å². The molecule has 3 heterocycles. The Bertz CT molecular complexity index is 656. The van der Waals surface area contributed by atoms with Gasteiger partial charge in [-0.2, -0.15) is 9.35 Å². The predicted octanol–water partition coefficient (Wildman–Crippen LogP) is -3.60. The van der Waals surface area contributed by atoms with Gasteiger partial charge in [0.15, 0.2) is 0 Å². The summed E-state index contributed by atoms with van der Waals surface area (Å²) in [6.45, 7) is 1.02. The summed E-state index contributed by atoms with van der Waals surface area (Å²) in [7, 11) is -5.08. The van der Waals surface area contributed by atoms with E-state index < -0.39 is 34.4 Å². The van der Waals surface area contributed by atoms with E-state index in [4.69, 9.17) is 0 Å². The second-order valence-corrected chi connectivity index (χ2v) is 7.88. The molecule has 3 rings (SSSR count). The van der Waals surface area contributed by atoms with Crippen LogP contribution in [0.2, 0.25) is 0 Å². The van der Waals surface area contributed by atoms with Crippen molar-refractivity contribution in [1.29, 1.82) is 0 Å². The number of amides is 3. The molecule has 3 amide bonds. The average molecular weight is 414 g/mol. The van der Waals surface area contributed by atoms with Crippen molar-refractivity contribution < 1.29 is 61.6 Å². The first-order valence-corrected chi connectivity index (χ1v) is 10.1. The van der Waals surface area contributed by atoms with Gasteiger partial charge in [-0.15, -0.1) is 0 Å². The molecular weight excluding hydrogens is 391 g/mol. The SMILES string of the molecule is O=C([C@@H]1CC[C@@H]2CN1C(=O)N2OS(=O)(=O)[O-])N(O)C[C@H]1CCCCCN1.[Na+]. The van der Waals surface area contributed by atoms with Gasteiger partial charge in [0, 0.05) is 12.6 Å². The van der Waals surface area contributed by atoms with Crippen LogP contribution in [0, 0.1) is 0 Å².